The minimum atomic E-state index is 0.713. The molecule has 0 saturated heterocycles. The van der Waals surface area contributed by atoms with E-state index in [1.165, 1.54) is 0 Å². The molecular formula is C4H6O2Sn. The first-order valence-electron chi connectivity index (χ1n) is 2.09. The molecule has 0 aromatic rings. The quantitative estimate of drug-likeness (QED) is 0.506. The zero-order chi connectivity index (χ0) is 5.11. The van der Waals surface area contributed by atoms with E-state index in [4.69, 9.17) is 9.47 Å². The Balaban J connectivity index is 2.40. The average Bonchev–Trinajstić information content (AvgIpc) is 1.69. The molecule has 1 aliphatic heterocycles. The van der Waals surface area contributed by atoms with Gasteiger partial charge in [-0.25, -0.2) is 0 Å². The summed E-state index contributed by atoms with van der Waals surface area (Å²) in [6.07, 6.45) is 1.69. The summed E-state index contributed by atoms with van der Waals surface area (Å²) in [7, 11) is 0. The van der Waals surface area contributed by atoms with Gasteiger partial charge in [-0.05, 0) is 0 Å². The van der Waals surface area contributed by atoms with Gasteiger partial charge in [0.2, 0.25) is 0 Å². The molecule has 0 fully saturated rings. The van der Waals surface area contributed by atoms with Gasteiger partial charge in [0.15, 0.2) is 0 Å². The van der Waals surface area contributed by atoms with E-state index >= 15 is 0 Å². The first kappa shape index (κ1) is 5.28. The fourth-order valence-electron chi connectivity index (χ4n) is 0.383. The van der Waals surface area contributed by atoms with Crippen LogP contribution in [0, 0.1) is 0 Å². The Kier molecular flexibility index (Phi) is 1.85. The number of hydrogen-bond acceptors (Lipinski definition) is 2. The second-order valence-corrected chi connectivity index (χ2v) is 2.86. The molecule has 7 heavy (non-hydrogen) atoms. The molecule has 0 saturated carbocycles. The molecule has 3 heteroatoms. The Labute approximate surface area is 55.6 Å². The van der Waals surface area contributed by atoms with Crippen LogP contribution in [0.15, 0.2) is 10.0 Å². The summed E-state index contributed by atoms with van der Waals surface area (Å²) in [4.78, 5) is 0. The van der Waals surface area contributed by atoms with Crippen LogP contribution in [0.5, 0.6) is 0 Å². The van der Waals surface area contributed by atoms with E-state index < -0.39 is 0 Å². The van der Waals surface area contributed by atoms with Gasteiger partial charge in [-0.2, -0.15) is 0 Å². The van der Waals surface area contributed by atoms with Crippen LogP contribution >= 0.6 is 0 Å². The molecule has 0 aromatic heterocycles. The summed E-state index contributed by atoms with van der Waals surface area (Å²) in [5.74, 6) is 0. The molecular weight excluding hydrogens is 199 g/mol. The first-order chi connectivity index (χ1) is 3.39. The Morgan fingerprint density at radius 3 is 2.71 bits per heavy atom. The second-order valence-electron chi connectivity index (χ2n) is 1.24. The predicted octanol–water partition coefficient (Wildman–Crippen LogP) is -0.267. The van der Waals surface area contributed by atoms with Crippen molar-refractivity contribution in [2.24, 2.45) is 0 Å². The topological polar surface area (TPSA) is 18.5 Å². The van der Waals surface area contributed by atoms with E-state index in [2.05, 4.69) is 0 Å². The Bertz CT molecular complexity index is 89.7. The molecule has 0 unspecified atom stereocenters. The second kappa shape index (κ2) is 2.45. The monoisotopic (exact) mass is 206 g/mol. The van der Waals surface area contributed by atoms with E-state index in [0.29, 0.717) is 6.61 Å². The van der Waals surface area contributed by atoms with Crippen molar-refractivity contribution in [1.29, 1.82) is 0 Å². The molecule has 0 bridgehead atoms. The Morgan fingerprint density at radius 2 is 2.43 bits per heavy atom. The summed E-state index contributed by atoms with van der Waals surface area (Å²) >= 11 is 1.02. The van der Waals surface area contributed by atoms with Crippen LogP contribution in [0.4, 0.5) is 0 Å². The van der Waals surface area contributed by atoms with E-state index in [9.17, 15) is 0 Å². The van der Waals surface area contributed by atoms with Crippen LogP contribution in [0.3, 0.4) is 0 Å². The zero-order valence-corrected chi connectivity index (χ0v) is 7.18. The van der Waals surface area contributed by atoms with Gasteiger partial charge in [-0.15, -0.1) is 0 Å². The van der Waals surface area contributed by atoms with E-state index in [1.807, 2.05) is 0 Å². The fourth-order valence-corrected chi connectivity index (χ4v) is 0.994. The van der Waals surface area contributed by atoms with E-state index in [0.717, 1.165) is 32.9 Å². The van der Waals surface area contributed by atoms with E-state index in [1.54, 1.807) is 6.26 Å². The van der Waals surface area contributed by atoms with Crippen molar-refractivity contribution < 1.29 is 9.47 Å². The van der Waals surface area contributed by atoms with Gasteiger partial charge in [0, 0.05) is 0 Å². The van der Waals surface area contributed by atoms with E-state index in [-0.39, 0.29) is 0 Å². The molecule has 1 heterocycles. The van der Waals surface area contributed by atoms with Crippen LogP contribution in [-0.4, -0.2) is 35.7 Å². The van der Waals surface area contributed by atoms with Gasteiger partial charge in [-0.3, -0.25) is 0 Å². The molecule has 0 spiro atoms. The third-order valence-electron chi connectivity index (χ3n) is 0.669. The van der Waals surface area contributed by atoms with Crippen molar-refractivity contribution in [2.45, 2.75) is 0 Å². The number of hydrogen-bond donors (Lipinski definition) is 0. The summed E-state index contributed by atoms with van der Waals surface area (Å²) in [5, 5.41) is 0. The van der Waals surface area contributed by atoms with Crippen LogP contribution in [0.25, 0.3) is 0 Å². The van der Waals surface area contributed by atoms with Gasteiger partial charge in [0.05, 0.1) is 0 Å². The third-order valence-corrected chi connectivity index (χ3v) is 1.53. The Hall–Kier alpha value is 0.139. The van der Waals surface area contributed by atoms with Crippen LogP contribution in [-0.2, 0) is 9.47 Å². The maximum absolute atomic E-state index is 5.07. The van der Waals surface area contributed by atoms with Crippen molar-refractivity contribution in [1.82, 2.24) is 0 Å². The summed E-state index contributed by atoms with van der Waals surface area (Å²) in [5.41, 5.74) is 0. The molecule has 0 aliphatic carbocycles. The summed E-state index contributed by atoms with van der Waals surface area (Å²) in [6.45, 7) is 1.44. The van der Waals surface area contributed by atoms with Crippen molar-refractivity contribution in [3.05, 3.63) is 10.0 Å². The molecule has 2 radical (unpaired) electrons. The van der Waals surface area contributed by atoms with Gasteiger partial charge >= 0.3 is 55.2 Å². The standard InChI is InChI=1S/C4H5O2.Sn.H/c1-2-6-4-3-5-1;;/h1H,3-4H2;;. The van der Waals surface area contributed by atoms with Crippen molar-refractivity contribution in [3.63, 3.8) is 0 Å². The normalized spacial score (nSPS) is 19.3. The van der Waals surface area contributed by atoms with Crippen LogP contribution in [0.1, 0.15) is 0 Å². The van der Waals surface area contributed by atoms with Crippen molar-refractivity contribution >= 4 is 22.5 Å². The SMILES string of the molecule is [SnH][C]1=COCCO1. The van der Waals surface area contributed by atoms with Crippen molar-refractivity contribution in [3.8, 4) is 0 Å². The molecule has 0 aromatic carbocycles. The minimum absolute atomic E-state index is 0.713. The van der Waals surface area contributed by atoms with Gasteiger partial charge in [0.25, 0.3) is 0 Å². The predicted molar refractivity (Wildman–Crippen MR) is 27.1 cm³/mol. The molecule has 1 rings (SSSR count). The molecule has 0 atom stereocenters. The van der Waals surface area contributed by atoms with Crippen molar-refractivity contribution in [2.75, 3.05) is 13.2 Å². The Morgan fingerprint density at radius 1 is 1.57 bits per heavy atom. The third kappa shape index (κ3) is 1.59. The molecule has 0 amide bonds. The van der Waals surface area contributed by atoms with Gasteiger partial charge < -0.3 is 0 Å². The fraction of sp³-hybridized carbons (Fsp3) is 0.500. The molecule has 2 nitrogen and oxygen atoms in total. The zero-order valence-electron chi connectivity index (χ0n) is 3.89. The average molecular weight is 205 g/mol. The van der Waals surface area contributed by atoms with Gasteiger partial charge in [-0.1, -0.05) is 0 Å². The summed E-state index contributed by atoms with van der Waals surface area (Å²) in [6, 6.07) is 0. The van der Waals surface area contributed by atoms with Gasteiger partial charge in [0.1, 0.15) is 0 Å². The molecule has 1 aliphatic rings. The number of rotatable bonds is 0. The summed E-state index contributed by atoms with van der Waals surface area (Å²) < 4.78 is 11.0. The first-order valence-corrected chi connectivity index (χ1v) is 3.74. The van der Waals surface area contributed by atoms with Crippen LogP contribution in [0.2, 0.25) is 0 Å². The molecule has 0 N–H and O–H groups in total. The van der Waals surface area contributed by atoms with Crippen LogP contribution < -0.4 is 0 Å². The number of ether oxygens (including phenoxy) is 2. The maximum atomic E-state index is 5.07. The molecule has 38 valence electrons.